The van der Waals surface area contributed by atoms with Gasteiger partial charge < -0.3 is 10.1 Å². The monoisotopic (exact) mass is 298 g/mol. The van der Waals surface area contributed by atoms with Crippen molar-refractivity contribution < 1.29 is 9.66 Å². The van der Waals surface area contributed by atoms with Gasteiger partial charge in [-0.25, -0.2) is 0 Å². The van der Waals surface area contributed by atoms with Gasteiger partial charge in [0.15, 0.2) is 0 Å². The molecule has 1 heterocycles. The van der Waals surface area contributed by atoms with Crippen LogP contribution in [0, 0.1) is 10.1 Å². The molecule has 1 fully saturated rings. The largest absolute Gasteiger partial charge is 0.381 e. The molecule has 1 aromatic carbocycles. The van der Waals surface area contributed by atoms with Gasteiger partial charge in [0.2, 0.25) is 0 Å². The van der Waals surface area contributed by atoms with Crippen molar-refractivity contribution in [1.82, 2.24) is 0 Å². The van der Waals surface area contributed by atoms with Crippen LogP contribution in [0.25, 0.3) is 0 Å². The summed E-state index contributed by atoms with van der Waals surface area (Å²) in [7, 11) is 0. The fourth-order valence-electron chi connectivity index (χ4n) is 2.49. The molecule has 0 spiro atoms. The minimum Gasteiger partial charge on any atom is -0.381 e. The van der Waals surface area contributed by atoms with Gasteiger partial charge in [-0.3, -0.25) is 10.1 Å². The van der Waals surface area contributed by atoms with Crippen molar-refractivity contribution in [3.05, 3.63) is 33.3 Å². The molecule has 110 valence electrons. The summed E-state index contributed by atoms with van der Waals surface area (Å²) >= 11 is 6.09. The number of ether oxygens (including phenoxy) is 1. The SMILES string of the molecule is CCCC1CC(Nc2ccc([N+](=O)[O-])cc2Cl)CCO1. The van der Waals surface area contributed by atoms with Gasteiger partial charge in [-0.1, -0.05) is 24.9 Å². The Morgan fingerprint density at radius 1 is 1.55 bits per heavy atom. The fourth-order valence-corrected chi connectivity index (χ4v) is 2.72. The summed E-state index contributed by atoms with van der Waals surface area (Å²) in [6.07, 6.45) is 4.33. The van der Waals surface area contributed by atoms with E-state index in [1.54, 1.807) is 6.07 Å². The number of nitrogens with one attached hydrogen (secondary N) is 1. The van der Waals surface area contributed by atoms with Crippen molar-refractivity contribution in [2.75, 3.05) is 11.9 Å². The van der Waals surface area contributed by atoms with Crippen molar-refractivity contribution in [3.8, 4) is 0 Å². The van der Waals surface area contributed by atoms with E-state index >= 15 is 0 Å². The van der Waals surface area contributed by atoms with E-state index in [0.29, 0.717) is 17.2 Å². The standard InChI is InChI=1S/C14H19ClN2O3/c1-2-3-12-8-10(6-7-20-12)16-14-5-4-11(17(18)19)9-13(14)15/h4-5,9-10,12,16H,2-3,6-8H2,1H3. The molecule has 1 aliphatic rings. The summed E-state index contributed by atoms with van der Waals surface area (Å²) < 4.78 is 5.70. The molecule has 1 saturated heterocycles. The normalized spacial score (nSPS) is 22.5. The molecule has 20 heavy (non-hydrogen) atoms. The van der Waals surface area contributed by atoms with Gasteiger partial charge in [-0.05, 0) is 25.3 Å². The average molecular weight is 299 g/mol. The highest BCUT2D eigenvalue weighted by atomic mass is 35.5. The molecule has 1 aliphatic heterocycles. The highest BCUT2D eigenvalue weighted by Gasteiger charge is 2.22. The Balaban J connectivity index is 2.00. The Labute approximate surface area is 123 Å². The summed E-state index contributed by atoms with van der Waals surface area (Å²) in [5.41, 5.74) is 0.760. The summed E-state index contributed by atoms with van der Waals surface area (Å²) in [6, 6.07) is 4.83. The van der Waals surface area contributed by atoms with E-state index in [4.69, 9.17) is 16.3 Å². The molecule has 0 aromatic heterocycles. The summed E-state index contributed by atoms with van der Waals surface area (Å²) in [6.45, 7) is 2.89. The minimum absolute atomic E-state index is 0.0105. The van der Waals surface area contributed by atoms with Crippen molar-refractivity contribution >= 4 is 23.0 Å². The molecule has 1 aromatic rings. The van der Waals surface area contributed by atoms with E-state index in [1.165, 1.54) is 12.1 Å². The predicted molar refractivity (Wildman–Crippen MR) is 79.4 cm³/mol. The van der Waals surface area contributed by atoms with Gasteiger partial charge in [0.05, 0.1) is 21.7 Å². The molecular formula is C14H19ClN2O3. The topological polar surface area (TPSA) is 64.4 Å². The maximum Gasteiger partial charge on any atom is 0.271 e. The first-order chi connectivity index (χ1) is 9.60. The van der Waals surface area contributed by atoms with E-state index in [0.717, 1.165) is 38.0 Å². The van der Waals surface area contributed by atoms with Crippen LogP contribution in [0.2, 0.25) is 5.02 Å². The average Bonchev–Trinajstić information content (AvgIpc) is 2.42. The van der Waals surface area contributed by atoms with Crippen LogP contribution in [0.1, 0.15) is 32.6 Å². The fraction of sp³-hybridized carbons (Fsp3) is 0.571. The molecule has 2 unspecified atom stereocenters. The number of nitro groups is 1. The van der Waals surface area contributed by atoms with Gasteiger partial charge in [0.25, 0.3) is 5.69 Å². The molecule has 1 N–H and O–H groups in total. The van der Waals surface area contributed by atoms with E-state index in [9.17, 15) is 10.1 Å². The summed E-state index contributed by atoms with van der Waals surface area (Å²) in [4.78, 5) is 10.2. The number of anilines is 1. The zero-order valence-corrected chi connectivity index (χ0v) is 12.2. The van der Waals surface area contributed by atoms with Crippen molar-refractivity contribution in [3.63, 3.8) is 0 Å². The van der Waals surface area contributed by atoms with Crippen molar-refractivity contribution in [1.29, 1.82) is 0 Å². The Hall–Kier alpha value is -1.33. The van der Waals surface area contributed by atoms with Gasteiger partial charge in [0.1, 0.15) is 0 Å². The van der Waals surface area contributed by atoms with Crippen LogP contribution >= 0.6 is 11.6 Å². The Kier molecular flexibility index (Phi) is 5.20. The van der Waals surface area contributed by atoms with Crippen LogP contribution < -0.4 is 5.32 Å². The second-order valence-corrected chi connectivity index (χ2v) is 5.48. The van der Waals surface area contributed by atoms with E-state index < -0.39 is 4.92 Å². The van der Waals surface area contributed by atoms with Gasteiger partial charge in [-0.15, -0.1) is 0 Å². The minimum atomic E-state index is -0.443. The molecule has 0 saturated carbocycles. The van der Waals surface area contributed by atoms with Crippen molar-refractivity contribution in [2.24, 2.45) is 0 Å². The maximum absolute atomic E-state index is 10.7. The Morgan fingerprint density at radius 2 is 2.35 bits per heavy atom. The van der Waals surface area contributed by atoms with Crippen LogP contribution in [0.3, 0.4) is 0 Å². The van der Waals surface area contributed by atoms with E-state index in [2.05, 4.69) is 12.2 Å². The molecule has 6 heteroatoms. The van der Waals surface area contributed by atoms with Crippen LogP contribution in [0.5, 0.6) is 0 Å². The number of benzene rings is 1. The van der Waals surface area contributed by atoms with E-state index in [1.807, 2.05) is 0 Å². The highest BCUT2D eigenvalue weighted by molar-refractivity contribution is 6.33. The maximum atomic E-state index is 10.7. The molecule has 2 atom stereocenters. The molecule has 2 rings (SSSR count). The first-order valence-corrected chi connectivity index (χ1v) is 7.30. The second kappa shape index (κ2) is 6.90. The summed E-state index contributed by atoms with van der Waals surface area (Å²) in [5.74, 6) is 0. The number of hydrogen-bond acceptors (Lipinski definition) is 4. The Morgan fingerprint density at radius 3 is 3.00 bits per heavy atom. The van der Waals surface area contributed by atoms with Crippen LogP contribution in [0.4, 0.5) is 11.4 Å². The predicted octanol–water partition coefficient (Wildman–Crippen LogP) is 4.01. The molecule has 0 amide bonds. The number of non-ortho nitro benzene ring substituents is 1. The highest BCUT2D eigenvalue weighted by Crippen LogP contribution is 2.29. The number of nitrogens with zero attached hydrogens (tertiary/aromatic N) is 1. The lowest BCUT2D eigenvalue weighted by molar-refractivity contribution is -0.384. The first-order valence-electron chi connectivity index (χ1n) is 6.92. The van der Waals surface area contributed by atoms with Gasteiger partial charge >= 0.3 is 0 Å². The quantitative estimate of drug-likeness (QED) is 0.659. The third kappa shape index (κ3) is 3.84. The molecular weight excluding hydrogens is 280 g/mol. The lowest BCUT2D eigenvalue weighted by atomic mass is 10.00. The molecule has 0 aliphatic carbocycles. The van der Waals surface area contributed by atoms with Gasteiger partial charge in [0, 0.05) is 24.8 Å². The van der Waals surface area contributed by atoms with Gasteiger partial charge in [-0.2, -0.15) is 0 Å². The zero-order chi connectivity index (χ0) is 14.5. The number of rotatable bonds is 5. The molecule has 0 bridgehead atoms. The third-order valence-corrected chi connectivity index (χ3v) is 3.81. The third-order valence-electron chi connectivity index (χ3n) is 3.50. The number of halogens is 1. The van der Waals surface area contributed by atoms with Crippen molar-refractivity contribution in [2.45, 2.75) is 44.8 Å². The number of hydrogen-bond donors (Lipinski definition) is 1. The molecule has 0 radical (unpaired) electrons. The number of nitro benzene ring substituents is 1. The van der Waals surface area contributed by atoms with Crippen LogP contribution in [-0.2, 0) is 4.74 Å². The van der Waals surface area contributed by atoms with E-state index in [-0.39, 0.29) is 5.69 Å². The summed E-state index contributed by atoms with van der Waals surface area (Å²) in [5, 5.41) is 14.4. The zero-order valence-electron chi connectivity index (χ0n) is 11.5. The first kappa shape index (κ1) is 15.1. The molecule has 5 nitrogen and oxygen atoms in total. The lowest BCUT2D eigenvalue weighted by Crippen LogP contribution is -2.34. The van der Waals surface area contributed by atoms with Crippen LogP contribution in [0.15, 0.2) is 18.2 Å². The lowest BCUT2D eigenvalue weighted by Gasteiger charge is -2.30. The second-order valence-electron chi connectivity index (χ2n) is 5.07. The Bertz CT molecular complexity index is 479. The smallest absolute Gasteiger partial charge is 0.271 e. The van der Waals surface area contributed by atoms with Crippen LogP contribution in [-0.4, -0.2) is 23.7 Å².